The Labute approximate surface area is 115 Å². The van der Waals surface area contributed by atoms with Gasteiger partial charge in [-0.05, 0) is 31.4 Å². The first kappa shape index (κ1) is 12.8. The fourth-order valence-electron chi connectivity index (χ4n) is 3.40. The fraction of sp³-hybridized carbons (Fsp3) is 0.625. The molecule has 1 heterocycles. The van der Waals surface area contributed by atoms with E-state index in [4.69, 9.17) is 0 Å². The zero-order valence-corrected chi connectivity index (χ0v) is 11.6. The van der Waals surface area contributed by atoms with Gasteiger partial charge in [0.2, 0.25) is 0 Å². The largest absolute Gasteiger partial charge is 0.388 e. The standard InChI is InChI=1S/C16H24N2O/c19-16(9-4-1-5-10-16)13-18-12-6-11-17-14-7-2-3-8-15(14)18/h2-3,7-8,17,19H,1,4-6,9-13H2. The molecule has 0 bridgehead atoms. The highest BCUT2D eigenvalue weighted by atomic mass is 16.3. The number of nitrogens with one attached hydrogen (secondary N) is 1. The molecule has 0 aromatic heterocycles. The molecular weight excluding hydrogens is 236 g/mol. The van der Waals surface area contributed by atoms with Crippen LogP contribution in [0.2, 0.25) is 0 Å². The third-order valence-corrected chi connectivity index (χ3v) is 4.43. The molecule has 3 rings (SSSR count). The lowest BCUT2D eigenvalue weighted by molar-refractivity contribution is 0.0110. The van der Waals surface area contributed by atoms with Crippen molar-refractivity contribution in [1.29, 1.82) is 0 Å². The number of para-hydroxylation sites is 2. The second kappa shape index (κ2) is 5.41. The second-order valence-electron chi connectivity index (χ2n) is 6.00. The monoisotopic (exact) mass is 260 g/mol. The zero-order chi connectivity index (χ0) is 13.1. The van der Waals surface area contributed by atoms with Crippen molar-refractivity contribution in [1.82, 2.24) is 0 Å². The predicted molar refractivity (Wildman–Crippen MR) is 79.8 cm³/mol. The minimum Gasteiger partial charge on any atom is -0.388 e. The summed E-state index contributed by atoms with van der Waals surface area (Å²) in [5.41, 5.74) is 1.98. The van der Waals surface area contributed by atoms with Crippen molar-refractivity contribution in [3.63, 3.8) is 0 Å². The van der Waals surface area contributed by atoms with Crippen LogP contribution >= 0.6 is 0 Å². The molecule has 0 atom stereocenters. The van der Waals surface area contributed by atoms with E-state index in [9.17, 15) is 5.11 Å². The molecule has 2 aliphatic rings. The van der Waals surface area contributed by atoms with E-state index in [0.717, 1.165) is 38.9 Å². The molecule has 3 heteroatoms. The Hall–Kier alpha value is -1.22. The van der Waals surface area contributed by atoms with Crippen LogP contribution in [0.15, 0.2) is 24.3 Å². The van der Waals surface area contributed by atoms with Crippen molar-refractivity contribution in [3.8, 4) is 0 Å². The Bertz CT molecular complexity index is 427. The number of hydrogen-bond donors (Lipinski definition) is 2. The quantitative estimate of drug-likeness (QED) is 0.858. The van der Waals surface area contributed by atoms with Gasteiger partial charge < -0.3 is 15.3 Å². The topological polar surface area (TPSA) is 35.5 Å². The van der Waals surface area contributed by atoms with Crippen LogP contribution in [0, 0.1) is 0 Å². The Kier molecular flexibility index (Phi) is 3.65. The van der Waals surface area contributed by atoms with Gasteiger partial charge in [0, 0.05) is 19.6 Å². The molecule has 2 N–H and O–H groups in total. The number of aliphatic hydroxyl groups is 1. The molecule has 1 fully saturated rings. The average molecular weight is 260 g/mol. The summed E-state index contributed by atoms with van der Waals surface area (Å²) in [5, 5.41) is 14.3. The van der Waals surface area contributed by atoms with Crippen molar-refractivity contribution in [2.45, 2.75) is 44.1 Å². The maximum Gasteiger partial charge on any atom is 0.0821 e. The van der Waals surface area contributed by atoms with E-state index in [0.29, 0.717) is 0 Å². The minimum atomic E-state index is -0.476. The first-order valence-corrected chi connectivity index (χ1v) is 7.57. The number of rotatable bonds is 2. The number of benzene rings is 1. The predicted octanol–water partition coefficient (Wildman–Crippen LogP) is 3.00. The number of hydrogen-bond acceptors (Lipinski definition) is 3. The lowest BCUT2D eigenvalue weighted by atomic mass is 9.84. The van der Waals surface area contributed by atoms with E-state index in [1.165, 1.54) is 30.6 Å². The summed E-state index contributed by atoms with van der Waals surface area (Å²) in [4.78, 5) is 2.38. The van der Waals surface area contributed by atoms with Gasteiger partial charge in [0.25, 0.3) is 0 Å². The lowest BCUT2D eigenvalue weighted by Crippen LogP contribution is -2.44. The van der Waals surface area contributed by atoms with Gasteiger partial charge in [-0.2, -0.15) is 0 Å². The van der Waals surface area contributed by atoms with Gasteiger partial charge in [0.05, 0.1) is 17.0 Å². The Morgan fingerprint density at radius 2 is 1.89 bits per heavy atom. The summed E-state index contributed by atoms with van der Waals surface area (Å²) in [7, 11) is 0. The molecule has 1 aromatic carbocycles. The number of fused-ring (bicyclic) bond motifs is 1. The smallest absolute Gasteiger partial charge is 0.0821 e. The second-order valence-corrected chi connectivity index (χ2v) is 6.00. The molecule has 1 aliphatic heterocycles. The number of anilines is 2. The molecule has 1 aromatic rings. The highest BCUT2D eigenvalue weighted by Crippen LogP contribution is 2.33. The minimum absolute atomic E-state index is 0.476. The van der Waals surface area contributed by atoms with Gasteiger partial charge in [-0.3, -0.25) is 0 Å². The first-order chi connectivity index (χ1) is 9.27. The van der Waals surface area contributed by atoms with Crippen LogP contribution in [-0.4, -0.2) is 30.3 Å². The molecule has 0 radical (unpaired) electrons. The van der Waals surface area contributed by atoms with E-state index < -0.39 is 5.60 Å². The van der Waals surface area contributed by atoms with Crippen molar-refractivity contribution < 1.29 is 5.11 Å². The Balaban J connectivity index is 1.80. The first-order valence-electron chi connectivity index (χ1n) is 7.57. The van der Waals surface area contributed by atoms with Gasteiger partial charge in [-0.15, -0.1) is 0 Å². The molecule has 0 amide bonds. The summed E-state index contributed by atoms with van der Waals surface area (Å²) < 4.78 is 0. The van der Waals surface area contributed by atoms with E-state index in [1.807, 2.05) is 0 Å². The molecule has 19 heavy (non-hydrogen) atoms. The van der Waals surface area contributed by atoms with Crippen LogP contribution in [0.25, 0.3) is 0 Å². The van der Waals surface area contributed by atoms with Crippen molar-refractivity contribution in [3.05, 3.63) is 24.3 Å². The van der Waals surface area contributed by atoms with Crippen LogP contribution in [0.5, 0.6) is 0 Å². The van der Waals surface area contributed by atoms with E-state index >= 15 is 0 Å². The van der Waals surface area contributed by atoms with Gasteiger partial charge >= 0.3 is 0 Å². The Morgan fingerprint density at radius 1 is 1.11 bits per heavy atom. The van der Waals surface area contributed by atoms with Crippen molar-refractivity contribution in [2.75, 3.05) is 29.9 Å². The van der Waals surface area contributed by atoms with E-state index in [-0.39, 0.29) is 0 Å². The maximum absolute atomic E-state index is 10.8. The molecule has 0 unspecified atom stereocenters. The highest BCUT2D eigenvalue weighted by molar-refractivity contribution is 5.70. The molecular formula is C16H24N2O. The van der Waals surface area contributed by atoms with E-state index in [1.54, 1.807) is 0 Å². The summed E-state index contributed by atoms with van der Waals surface area (Å²) in [6, 6.07) is 8.47. The summed E-state index contributed by atoms with van der Waals surface area (Å²) in [6.07, 6.45) is 6.66. The summed E-state index contributed by atoms with van der Waals surface area (Å²) in [5.74, 6) is 0. The lowest BCUT2D eigenvalue weighted by Gasteiger charge is -2.38. The molecule has 1 saturated carbocycles. The molecule has 1 aliphatic carbocycles. The number of β-amino-alcohol motifs (C(OH)–C–C–N with tert-alkyl or cyclic N) is 1. The highest BCUT2D eigenvalue weighted by Gasteiger charge is 2.32. The molecule has 104 valence electrons. The van der Waals surface area contributed by atoms with Gasteiger partial charge in [0.15, 0.2) is 0 Å². The number of nitrogens with zero attached hydrogens (tertiary/aromatic N) is 1. The van der Waals surface area contributed by atoms with Gasteiger partial charge in [0.1, 0.15) is 0 Å². The van der Waals surface area contributed by atoms with Gasteiger partial charge in [-0.25, -0.2) is 0 Å². The maximum atomic E-state index is 10.8. The van der Waals surface area contributed by atoms with Crippen LogP contribution < -0.4 is 10.2 Å². The Morgan fingerprint density at radius 3 is 2.74 bits per heavy atom. The van der Waals surface area contributed by atoms with Gasteiger partial charge in [-0.1, -0.05) is 31.4 Å². The third kappa shape index (κ3) is 2.86. The van der Waals surface area contributed by atoms with Crippen molar-refractivity contribution >= 4 is 11.4 Å². The van der Waals surface area contributed by atoms with Crippen LogP contribution in [-0.2, 0) is 0 Å². The van der Waals surface area contributed by atoms with Crippen LogP contribution in [0.1, 0.15) is 38.5 Å². The molecule has 0 saturated heterocycles. The van der Waals surface area contributed by atoms with Crippen LogP contribution in [0.3, 0.4) is 0 Å². The zero-order valence-electron chi connectivity index (χ0n) is 11.6. The summed E-state index contributed by atoms with van der Waals surface area (Å²) in [6.45, 7) is 2.84. The van der Waals surface area contributed by atoms with Crippen molar-refractivity contribution in [2.24, 2.45) is 0 Å². The normalized spacial score (nSPS) is 22.3. The molecule has 3 nitrogen and oxygen atoms in total. The SMILES string of the molecule is OC1(CN2CCCNc3ccccc32)CCCCC1. The van der Waals surface area contributed by atoms with Crippen LogP contribution in [0.4, 0.5) is 11.4 Å². The average Bonchev–Trinajstić information content (AvgIpc) is 2.62. The summed E-state index contributed by atoms with van der Waals surface area (Å²) >= 11 is 0. The fourth-order valence-corrected chi connectivity index (χ4v) is 3.40. The van der Waals surface area contributed by atoms with E-state index in [2.05, 4.69) is 34.5 Å². The molecule has 0 spiro atoms. The third-order valence-electron chi connectivity index (χ3n) is 4.43.